The molecule has 2 aliphatic heterocycles. The summed E-state index contributed by atoms with van der Waals surface area (Å²) in [5, 5.41) is 12.7. The topological polar surface area (TPSA) is 87.5 Å². The summed E-state index contributed by atoms with van der Waals surface area (Å²) in [6.07, 6.45) is 2.25. The van der Waals surface area contributed by atoms with Crippen molar-refractivity contribution in [1.82, 2.24) is 15.2 Å². The number of pyridine rings is 1. The summed E-state index contributed by atoms with van der Waals surface area (Å²) in [7, 11) is 3.12. The Hall–Kier alpha value is -3.11. The molecular formula is C21H22N4O3. The third-order valence-corrected chi connectivity index (χ3v) is 5.49. The van der Waals surface area contributed by atoms with Crippen molar-refractivity contribution in [3.63, 3.8) is 0 Å². The monoisotopic (exact) mass is 378 g/mol. The third-order valence-electron chi connectivity index (χ3n) is 5.49. The lowest BCUT2D eigenvalue weighted by Crippen LogP contribution is -2.32. The number of hydrogen-bond donors (Lipinski definition) is 1. The number of fused-ring (bicyclic) bond motifs is 1. The Labute approximate surface area is 163 Å². The molecule has 0 saturated carbocycles. The smallest absolute Gasteiger partial charge is 0.232 e. The summed E-state index contributed by atoms with van der Waals surface area (Å²) >= 11 is 0. The second kappa shape index (κ2) is 7.49. The number of ether oxygens (including phenoxy) is 2. The first kappa shape index (κ1) is 18.3. The molecule has 2 aliphatic rings. The van der Waals surface area contributed by atoms with Crippen molar-refractivity contribution in [2.24, 2.45) is 5.92 Å². The summed E-state index contributed by atoms with van der Waals surface area (Å²) in [6.45, 7) is 2.56. The Morgan fingerprint density at radius 3 is 2.82 bits per heavy atom. The first-order valence-corrected chi connectivity index (χ1v) is 9.25. The van der Waals surface area contributed by atoms with Gasteiger partial charge in [0, 0.05) is 55.3 Å². The van der Waals surface area contributed by atoms with E-state index in [1.54, 1.807) is 19.4 Å². The summed E-state index contributed by atoms with van der Waals surface area (Å²) in [5.41, 5.74) is 3.09. The quantitative estimate of drug-likeness (QED) is 0.856. The first-order valence-electron chi connectivity index (χ1n) is 9.25. The SMILES string of the molecule is COc1ccc(CN2C[C@@H]3CC(=O)N[C@@H]3C2)cc1-c1ccnc(OC)c1C#N. The van der Waals surface area contributed by atoms with Crippen LogP contribution < -0.4 is 14.8 Å². The minimum absolute atomic E-state index is 0.164. The molecule has 1 N–H and O–H groups in total. The van der Waals surface area contributed by atoms with Crippen molar-refractivity contribution in [2.45, 2.75) is 19.0 Å². The van der Waals surface area contributed by atoms with Crippen LogP contribution in [0.1, 0.15) is 17.5 Å². The van der Waals surface area contributed by atoms with Crippen LogP contribution in [-0.4, -0.2) is 49.1 Å². The van der Waals surface area contributed by atoms with Gasteiger partial charge in [-0.3, -0.25) is 9.69 Å². The zero-order valence-electron chi connectivity index (χ0n) is 15.9. The summed E-state index contributed by atoms with van der Waals surface area (Å²) in [5.74, 6) is 1.56. The maximum Gasteiger partial charge on any atom is 0.232 e. The second-order valence-corrected chi connectivity index (χ2v) is 7.22. The van der Waals surface area contributed by atoms with Gasteiger partial charge in [0.25, 0.3) is 0 Å². The molecule has 1 amide bonds. The molecule has 7 nitrogen and oxygen atoms in total. The van der Waals surface area contributed by atoms with Crippen LogP contribution >= 0.6 is 0 Å². The van der Waals surface area contributed by atoms with Gasteiger partial charge in [0.15, 0.2) is 0 Å². The van der Waals surface area contributed by atoms with Gasteiger partial charge in [-0.2, -0.15) is 5.26 Å². The fourth-order valence-corrected chi connectivity index (χ4v) is 4.22. The lowest BCUT2D eigenvalue weighted by molar-refractivity contribution is -0.119. The number of rotatable bonds is 5. The van der Waals surface area contributed by atoms with Gasteiger partial charge < -0.3 is 14.8 Å². The highest BCUT2D eigenvalue weighted by atomic mass is 16.5. The van der Waals surface area contributed by atoms with Gasteiger partial charge in [-0.1, -0.05) is 6.07 Å². The van der Waals surface area contributed by atoms with Crippen LogP contribution in [0.5, 0.6) is 11.6 Å². The van der Waals surface area contributed by atoms with Crippen molar-refractivity contribution < 1.29 is 14.3 Å². The van der Waals surface area contributed by atoms with Crippen LogP contribution in [-0.2, 0) is 11.3 Å². The number of likely N-dealkylation sites (tertiary alicyclic amines) is 1. The standard InChI is InChI=1S/C21H22N4O3/c1-27-19-4-3-13(10-25-11-14-8-20(26)24-18(14)12-25)7-16(19)15-5-6-23-21(28-2)17(15)9-22/h3-7,14,18H,8,10-12H2,1-2H3,(H,24,26)/t14-,18+/m0/s1. The molecule has 2 saturated heterocycles. The summed E-state index contributed by atoms with van der Waals surface area (Å²) in [6, 6.07) is 10.3. The molecule has 0 bridgehead atoms. The van der Waals surface area contributed by atoms with Gasteiger partial charge >= 0.3 is 0 Å². The third kappa shape index (κ3) is 3.27. The normalized spacial score (nSPS) is 21.1. The molecule has 1 aromatic carbocycles. The fourth-order valence-electron chi connectivity index (χ4n) is 4.22. The molecule has 0 aliphatic carbocycles. The molecule has 144 valence electrons. The number of carbonyl (C=O) groups is 1. The van der Waals surface area contributed by atoms with E-state index < -0.39 is 0 Å². The molecule has 0 spiro atoms. The van der Waals surface area contributed by atoms with Gasteiger partial charge in [-0.25, -0.2) is 4.98 Å². The van der Waals surface area contributed by atoms with Crippen LogP contribution in [0.25, 0.3) is 11.1 Å². The van der Waals surface area contributed by atoms with Gasteiger partial charge in [-0.15, -0.1) is 0 Å². The van der Waals surface area contributed by atoms with Gasteiger partial charge in [0.1, 0.15) is 17.4 Å². The molecule has 28 heavy (non-hydrogen) atoms. The zero-order chi connectivity index (χ0) is 19.7. The Morgan fingerprint density at radius 1 is 1.25 bits per heavy atom. The first-order chi connectivity index (χ1) is 13.6. The van der Waals surface area contributed by atoms with E-state index in [9.17, 15) is 10.1 Å². The van der Waals surface area contributed by atoms with Crippen molar-refractivity contribution in [1.29, 1.82) is 5.26 Å². The van der Waals surface area contributed by atoms with E-state index in [0.717, 1.165) is 36.3 Å². The molecule has 0 radical (unpaired) electrons. The van der Waals surface area contributed by atoms with Gasteiger partial charge in [-0.05, 0) is 23.8 Å². The molecule has 1 aromatic heterocycles. The summed E-state index contributed by atoms with van der Waals surface area (Å²) in [4.78, 5) is 18.0. The number of hydrogen-bond acceptors (Lipinski definition) is 6. The highest BCUT2D eigenvalue weighted by Gasteiger charge is 2.39. The van der Waals surface area contributed by atoms with E-state index in [2.05, 4.69) is 27.3 Å². The summed E-state index contributed by atoms with van der Waals surface area (Å²) < 4.78 is 10.8. The Bertz CT molecular complexity index is 937. The molecule has 2 aromatic rings. The van der Waals surface area contributed by atoms with Crippen molar-refractivity contribution in [2.75, 3.05) is 27.3 Å². The molecule has 4 rings (SSSR count). The van der Waals surface area contributed by atoms with Crippen LogP contribution in [0.4, 0.5) is 0 Å². The maximum atomic E-state index is 11.5. The van der Waals surface area contributed by atoms with E-state index in [1.807, 2.05) is 12.1 Å². The lowest BCUT2D eigenvalue weighted by atomic mass is 9.98. The number of benzene rings is 1. The fraction of sp³-hybridized carbons (Fsp3) is 0.381. The number of nitrogens with one attached hydrogen (secondary N) is 1. The Morgan fingerprint density at radius 2 is 2.11 bits per heavy atom. The van der Waals surface area contributed by atoms with Gasteiger partial charge in [0.05, 0.1) is 14.2 Å². The van der Waals surface area contributed by atoms with E-state index in [1.165, 1.54) is 7.11 Å². The average Bonchev–Trinajstić information content (AvgIpc) is 3.23. The molecule has 7 heteroatoms. The lowest BCUT2D eigenvalue weighted by Gasteiger charge is -2.19. The van der Waals surface area contributed by atoms with Crippen molar-refractivity contribution >= 4 is 5.91 Å². The van der Waals surface area contributed by atoms with Crippen LogP contribution in [0, 0.1) is 17.2 Å². The number of aromatic nitrogens is 1. The van der Waals surface area contributed by atoms with Crippen molar-refractivity contribution in [3.05, 3.63) is 41.6 Å². The van der Waals surface area contributed by atoms with E-state index in [0.29, 0.717) is 29.5 Å². The zero-order valence-corrected chi connectivity index (χ0v) is 15.9. The molecule has 0 unspecified atom stereocenters. The number of methoxy groups -OCH3 is 2. The van der Waals surface area contributed by atoms with Crippen LogP contribution in [0.3, 0.4) is 0 Å². The highest BCUT2D eigenvalue weighted by molar-refractivity contribution is 5.79. The number of amides is 1. The van der Waals surface area contributed by atoms with Crippen molar-refractivity contribution in [3.8, 4) is 28.8 Å². The van der Waals surface area contributed by atoms with E-state index >= 15 is 0 Å². The Balaban J connectivity index is 1.63. The maximum absolute atomic E-state index is 11.5. The highest BCUT2D eigenvalue weighted by Crippen LogP contribution is 2.36. The Kier molecular flexibility index (Phi) is 4.88. The molecule has 3 heterocycles. The van der Waals surface area contributed by atoms with Crippen LogP contribution in [0.15, 0.2) is 30.5 Å². The van der Waals surface area contributed by atoms with Crippen LogP contribution in [0.2, 0.25) is 0 Å². The largest absolute Gasteiger partial charge is 0.496 e. The van der Waals surface area contributed by atoms with E-state index in [4.69, 9.17) is 9.47 Å². The second-order valence-electron chi connectivity index (χ2n) is 7.22. The number of nitrogens with zero attached hydrogens (tertiary/aromatic N) is 3. The minimum Gasteiger partial charge on any atom is -0.496 e. The number of carbonyl (C=O) groups excluding carboxylic acids is 1. The van der Waals surface area contributed by atoms with Gasteiger partial charge in [0.2, 0.25) is 11.8 Å². The molecular weight excluding hydrogens is 356 g/mol. The van der Waals surface area contributed by atoms with E-state index in [-0.39, 0.29) is 11.9 Å². The molecule has 2 fully saturated rings. The number of nitriles is 1. The molecule has 2 atom stereocenters. The minimum atomic E-state index is 0.164. The predicted molar refractivity (Wildman–Crippen MR) is 103 cm³/mol. The average molecular weight is 378 g/mol. The predicted octanol–water partition coefficient (Wildman–Crippen LogP) is 1.96.